The normalized spacial score (nSPS) is 10.4. The van der Waals surface area contributed by atoms with E-state index in [-0.39, 0.29) is 5.56 Å². The summed E-state index contributed by atoms with van der Waals surface area (Å²) in [6.45, 7) is 0. The quantitative estimate of drug-likeness (QED) is 0.757. The zero-order chi connectivity index (χ0) is 13.9. The molecule has 0 aliphatic rings. The number of carboxylic acid groups (broad SMARTS) is 1. The maximum atomic E-state index is 11.3. The number of carboxylic acids is 1. The van der Waals surface area contributed by atoms with Crippen LogP contribution in [-0.4, -0.2) is 26.0 Å². The lowest BCUT2D eigenvalue weighted by Crippen LogP contribution is -2.02. The number of nitrogens with one attached hydrogen (secondary N) is 1. The molecule has 0 saturated carbocycles. The number of fused-ring (bicyclic) bond motifs is 1. The van der Waals surface area contributed by atoms with Crippen LogP contribution in [0.4, 0.5) is 11.5 Å². The first-order valence-corrected chi connectivity index (χ1v) is 5.89. The van der Waals surface area contributed by atoms with Crippen LogP contribution < -0.4 is 5.32 Å². The molecule has 0 aliphatic carbocycles. The van der Waals surface area contributed by atoms with Gasteiger partial charge in [-0.3, -0.25) is 0 Å². The second-order valence-electron chi connectivity index (χ2n) is 4.13. The molecule has 6 nitrogen and oxygen atoms in total. The summed E-state index contributed by atoms with van der Waals surface area (Å²) in [4.78, 5) is 23.5. The van der Waals surface area contributed by atoms with Crippen LogP contribution in [-0.2, 0) is 0 Å². The standard InChI is InChI=1S/C14H10N4O2/c19-14(20)11-5-13(17-9-6-15-8-16-7-9)18-12-4-2-1-3-10(11)12/h1-8H,(H,17,18)(H,19,20). The van der Waals surface area contributed by atoms with Crippen molar-refractivity contribution in [2.45, 2.75) is 0 Å². The number of anilines is 2. The van der Waals surface area contributed by atoms with Crippen molar-refractivity contribution in [1.82, 2.24) is 15.0 Å². The molecule has 1 aromatic carbocycles. The number of para-hydroxylation sites is 1. The van der Waals surface area contributed by atoms with Gasteiger partial charge >= 0.3 is 5.97 Å². The van der Waals surface area contributed by atoms with Crippen molar-refractivity contribution in [2.75, 3.05) is 5.32 Å². The van der Waals surface area contributed by atoms with Crippen LogP contribution in [0.25, 0.3) is 10.9 Å². The molecule has 3 aromatic rings. The van der Waals surface area contributed by atoms with Crippen molar-refractivity contribution in [2.24, 2.45) is 0 Å². The molecule has 2 aromatic heterocycles. The average molecular weight is 266 g/mol. The van der Waals surface area contributed by atoms with Crippen LogP contribution in [0.2, 0.25) is 0 Å². The molecule has 20 heavy (non-hydrogen) atoms. The van der Waals surface area contributed by atoms with Crippen molar-refractivity contribution >= 4 is 28.4 Å². The number of pyridine rings is 1. The molecule has 0 spiro atoms. The Balaban J connectivity index is 2.10. The van der Waals surface area contributed by atoms with Crippen LogP contribution in [0.15, 0.2) is 49.1 Å². The molecule has 2 N–H and O–H groups in total. The summed E-state index contributed by atoms with van der Waals surface area (Å²) >= 11 is 0. The summed E-state index contributed by atoms with van der Waals surface area (Å²) in [5.41, 5.74) is 1.47. The monoisotopic (exact) mass is 266 g/mol. The van der Waals surface area contributed by atoms with E-state index in [9.17, 15) is 9.90 Å². The fourth-order valence-electron chi connectivity index (χ4n) is 1.93. The number of hydrogen-bond donors (Lipinski definition) is 2. The number of nitrogens with zero attached hydrogens (tertiary/aromatic N) is 3. The van der Waals surface area contributed by atoms with E-state index in [0.29, 0.717) is 22.4 Å². The Hall–Kier alpha value is -3.02. The highest BCUT2D eigenvalue weighted by Gasteiger charge is 2.11. The molecule has 0 amide bonds. The minimum atomic E-state index is -0.990. The topological polar surface area (TPSA) is 88.0 Å². The second-order valence-corrected chi connectivity index (χ2v) is 4.13. The molecule has 0 bridgehead atoms. The number of hydrogen-bond acceptors (Lipinski definition) is 5. The smallest absolute Gasteiger partial charge is 0.336 e. The number of aromatic carboxylic acids is 1. The summed E-state index contributed by atoms with van der Waals surface area (Å²) in [6.07, 6.45) is 4.59. The molecule has 98 valence electrons. The molecule has 0 atom stereocenters. The Labute approximate surface area is 114 Å². The van der Waals surface area contributed by atoms with Crippen molar-refractivity contribution in [1.29, 1.82) is 0 Å². The first-order chi connectivity index (χ1) is 9.74. The summed E-state index contributed by atoms with van der Waals surface area (Å²) in [5.74, 6) is -0.549. The predicted molar refractivity (Wildman–Crippen MR) is 74.0 cm³/mol. The first-order valence-electron chi connectivity index (χ1n) is 5.89. The molecule has 0 radical (unpaired) electrons. The Morgan fingerprint density at radius 1 is 1.15 bits per heavy atom. The molecule has 3 rings (SSSR count). The Morgan fingerprint density at radius 2 is 1.90 bits per heavy atom. The third-order valence-electron chi connectivity index (χ3n) is 2.78. The largest absolute Gasteiger partial charge is 0.478 e. The summed E-state index contributed by atoms with van der Waals surface area (Å²) in [6, 6.07) is 8.61. The number of carbonyl (C=O) groups is 1. The maximum Gasteiger partial charge on any atom is 0.336 e. The molecule has 2 heterocycles. The van der Waals surface area contributed by atoms with Crippen LogP contribution in [0.1, 0.15) is 10.4 Å². The average Bonchev–Trinajstić information content (AvgIpc) is 2.47. The third-order valence-corrected chi connectivity index (χ3v) is 2.78. The first kappa shape index (κ1) is 12.0. The SMILES string of the molecule is O=C(O)c1cc(Nc2cncnc2)nc2ccccc12. The molecular weight excluding hydrogens is 256 g/mol. The van der Waals surface area contributed by atoms with E-state index in [1.165, 1.54) is 12.4 Å². The fourth-order valence-corrected chi connectivity index (χ4v) is 1.93. The van der Waals surface area contributed by atoms with Gasteiger partial charge in [0.2, 0.25) is 0 Å². The Morgan fingerprint density at radius 3 is 2.65 bits per heavy atom. The van der Waals surface area contributed by atoms with Gasteiger partial charge in [-0.15, -0.1) is 0 Å². The van der Waals surface area contributed by atoms with Crippen LogP contribution in [0.3, 0.4) is 0 Å². The highest BCUT2D eigenvalue weighted by atomic mass is 16.4. The van der Waals surface area contributed by atoms with Crippen molar-refractivity contribution in [3.63, 3.8) is 0 Å². The predicted octanol–water partition coefficient (Wildman–Crippen LogP) is 2.47. The summed E-state index contributed by atoms with van der Waals surface area (Å²) < 4.78 is 0. The van der Waals surface area contributed by atoms with Gasteiger partial charge in [0.1, 0.15) is 12.1 Å². The van der Waals surface area contributed by atoms with Gasteiger partial charge in [-0.2, -0.15) is 0 Å². The van der Waals surface area contributed by atoms with Gasteiger partial charge in [0.05, 0.1) is 29.2 Å². The van der Waals surface area contributed by atoms with E-state index >= 15 is 0 Å². The number of aromatic nitrogens is 3. The number of rotatable bonds is 3. The highest BCUT2D eigenvalue weighted by molar-refractivity contribution is 6.03. The van der Waals surface area contributed by atoms with E-state index in [1.807, 2.05) is 6.07 Å². The molecular formula is C14H10N4O2. The van der Waals surface area contributed by atoms with E-state index in [0.717, 1.165) is 0 Å². The van der Waals surface area contributed by atoms with Gasteiger partial charge in [-0.1, -0.05) is 18.2 Å². The van der Waals surface area contributed by atoms with Gasteiger partial charge in [-0.25, -0.2) is 19.7 Å². The van der Waals surface area contributed by atoms with E-state index < -0.39 is 5.97 Å². The molecule has 0 saturated heterocycles. The molecule has 6 heteroatoms. The lowest BCUT2D eigenvalue weighted by molar-refractivity contribution is 0.0699. The van der Waals surface area contributed by atoms with E-state index in [1.54, 1.807) is 30.6 Å². The minimum Gasteiger partial charge on any atom is -0.478 e. The molecule has 0 fully saturated rings. The molecule has 0 aliphatic heterocycles. The lowest BCUT2D eigenvalue weighted by atomic mass is 10.1. The Bertz CT molecular complexity index is 774. The minimum absolute atomic E-state index is 0.204. The maximum absolute atomic E-state index is 11.3. The number of benzene rings is 1. The fraction of sp³-hybridized carbons (Fsp3) is 0. The lowest BCUT2D eigenvalue weighted by Gasteiger charge is -2.08. The van der Waals surface area contributed by atoms with Gasteiger partial charge in [0.15, 0.2) is 0 Å². The van der Waals surface area contributed by atoms with Gasteiger partial charge in [0, 0.05) is 5.39 Å². The van der Waals surface area contributed by atoms with Crippen molar-refractivity contribution in [3.05, 3.63) is 54.6 Å². The van der Waals surface area contributed by atoms with E-state index in [2.05, 4.69) is 20.3 Å². The third kappa shape index (κ3) is 2.26. The highest BCUT2D eigenvalue weighted by Crippen LogP contribution is 2.22. The summed E-state index contributed by atoms with van der Waals surface area (Å²) in [5, 5.41) is 12.9. The van der Waals surface area contributed by atoms with E-state index in [4.69, 9.17) is 0 Å². The zero-order valence-electron chi connectivity index (χ0n) is 10.3. The second kappa shape index (κ2) is 4.93. The van der Waals surface area contributed by atoms with Crippen LogP contribution >= 0.6 is 0 Å². The van der Waals surface area contributed by atoms with Gasteiger partial charge < -0.3 is 10.4 Å². The molecule has 0 unspecified atom stereocenters. The van der Waals surface area contributed by atoms with Crippen molar-refractivity contribution < 1.29 is 9.90 Å². The van der Waals surface area contributed by atoms with Gasteiger partial charge in [-0.05, 0) is 12.1 Å². The van der Waals surface area contributed by atoms with Gasteiger partial charge in [0.25, 0.3) is 0 Å². The Kier molecular flexibility index (Phi) is 2.96. The van der Waals surface area contributed by atoms with Crippen LogP contribution in [0.5, 0.6) is 0 Å². The summed E-state index contributed by atoms with van der Waals surface area (Å²) in [7, 11) is 0. The van der Waals surface area contributed by atoms with Crippen LogP contribution in [0, 0.1) is 0 Å². The van der Waals surface area contributed by atoms with Crippen molar-refractivity contribution in [3.8, 4) is 0 Å². The zero-order valence-corrected chi connectivity index (χ0v) is 10.3.